The lowest BCUT2D eigenvalue weighted by Gasteiger charge is -2.27. The first-order chi connectivity index (χ1) is 11.5. The number of hydrogen-bond donors (Lipinski definition) is 2. The topological polar surface area (TPSA) is 107 Å². The average Bonchev–Trinajstić information content (AvgIpc) is 3.06. The van der Waals surface area contributed by atoms with Crippen molar-refractivity contribution >= 4 is 29.4 Å². The van der Waals surface area contributed by atoms with Gasteiger partial charge in [0.05, 0.1) is 5.69 Å². The van der Waals surface area contributed by atoms with Crippen LogP contribution in [0.1, 0.15) is 36.0 Å². The molecule has 0 radical (unpaired) electrons. The van der Waals surface area contributed by atoms with Gasteiger partial charge in [-0.3, -0.25) is 19.8 Å². The summed E-state index contributed by atoms with van der Waals surface area (Å²) in [5.41, 5.74) is 3.29. The van der Waals surface area contributed by atoms with Crippen molar-refractivity contribution in [3.05, 3.63) is 29.8 Å². The molecule has 0 aromatic heterocycles. The van der Waals surface area contributed by atoms with Crippen LogP contribution in [0.25, 0.3) is 0 Å². The highest BCUT2D eigenvalue weighted by atomic mass is 16.4. The molecule has 0 unspecified atom stereocenters. The molecule has 126 valence electrons. The van der Waals surface area contributed by atoms with Crippen molar-refractivity contribution < 1.29 is 24.3 Å². The van der Waals surface area contributed by atoms with Gasteiger partial charge in [-0.05, 0) is 37.1 Å². The molecule has 2 fully saturated rings. The second-order valence-electron chi connectivity index (χ2n) is 5.81. The summed E-state index contributed by atoms with van der Waals surface area (Å²) in [6, 6.07) is 5.39. The van der Waals surface area contributed by atoms with E-state index < -0.39 is 12.0 Å². The first-order valence-electron chi connectivity index (χ1n) is 7.73. The molecule has 1 aromatic carbocycles. The number of nitrogens with zero attached hydrogens (tertiary/aromatic N) is 2. The van der Waals surface area contributed by atoms with Gasteiger partial charge in [-0.2, -0.15) is 0 Å². The van der Waals surface area contributed by atoms with Gasteiger partial charge in [-0.15, -0.1) is 0 Å². The summed E-state index contributed by atoms with van der Waals surface area (Å²) >= 11 is 0. The number of carbonyl (C=O) groups excluding carboxylic acids is 3. The quantitative estimate of drug-likeness (QED) is 0.840. The van der Waals surface area contributed by atoms with Gasteiger partial charge < -0.3 is 10.0 Å². The number of benzene rings is 1. The van der Waals surface area contributed by atoms with E-state index in [1.165, 1.54) is 17.0 Å². The Labute approximate surface area is 138 Å². The summed E-state index contributed by atoms with van der Waals surface area (Å²) in [7, 11) is 0. The van der Waals surface area contributed by atoms with Gasteiger partial charge in [0.1, 0.15) is 6.04 Å². The number of amides is 3. The highest BCUT2D eigenvalue weighted by Crippen LogP contribution is 2.22. The first kappa shape index (κ1) is 16.0. The van der Waals surface area contributed by atoms with Crippen molar-refractivity contribution in [1.29, 1.82) is 0 Å². The summed E-state index contributed by atoms with van der Waals surface area (Å²) in [6.45, 7) is 0.415. The average molecular weight is 331 g/mol. The summed E-state index contributed by atoms with van der Waals surface area (Å²) in [5, 5.41) is 10.3. The Morgan fingerprint density at radius 2 is 1.83 bits per heavy atom. The smallest absolute Gasteiger partial charge is 0.326 e. The van der Waals surface area contributed by atoms with Crippen LogP contribution < -0.4 is 10.4 Å². The number of nitrogens with one attached hydrogen (secondary N) is 1. The maximum atomic E-state index is 12.5. The fraction of sp³-hybridized carbons (Fsp3) is 0.375. The fourth-order valence-corrected chi connectivity index (χ4v) is 2.97. The molecule has 2 heterocycles. The third kappa shape index (κ3) is 2.94. The van der Waals surface area contributed by atoms with Gasteiger partial charge in [0, 0.05) is 24.9 Å². The van der Waals surface area contributed by atoms with Gasteiger partial charge in [0.25, 0.3) is 5.91 Å². The second kappa shape index (κ2) is 6.31. The Morgan fingerprint density at radius 3 is 2.50 bits per heavy atom. The van der Waals surface area contributed by atoms with Crippen LogP contribution in [-0.4, -0.2) is 46.3 Å². The Kier molecular flexibility index (Phi) is 4.20. The normalized spacial score (nSPS) is 20.9. The largest absolute Gasteiger partial charge is 0.480 e. The number of rotatable bonds is 3. The molecule has 8 heteroatoms. The lowest BCUT2D eigenvalue weighted by molar-refractivity contribution is -0.141. The summed E-state index contributed by atoms with van der Waals surface area (Å²) < 4.78 is 0. The molecule has 3 amide bonds. The van der Waals surface area contributed by atoms with Crippen LogP contribution in [0, 0.1) is 0 Å². The molecule has 8 nitrogen and oxygen atoms in total. The van der Waals surface area contributed by atoms with Crippen molar-refractivity contribution in [2.75, 3.05) is 11.6 Å². The van der Waals surface area contributed by atoms with Crippen LogP contribution in [0.2, 0.25) is 0 Å². The SMILES string of the molecule is O=C1CCC(=O)N(c2ccc(C(=O)N3CCC[C@@H]3C(=O)O)cc2)N1. The minimum absolute atomic E-state index is 0.139. The molecule has 0 aliphatic carbocycles. The zero-order chi connectivity index (χ0) is 17.3. The van der Waals surface area contributed by atoms with E-state index >= 15 is 0 Å². The minimum atomic E-state index is -1.00. The minimum Gasteiger partial charge on any atom is -0.480 e. The van der Waals surface area contributed by atoms with E-state index in [1.807, 2.05) is 0 Å². The fourth-order valence-electron chi connectivity index (χ4n) is 2.97. The number of carboxylic acids is 1. The van der Waals surface area contributed by atoms with Crippen molar-refractivity contribution in [2.45, 2.75) is 31.7 Å². The van der Waals surface area contributed by atoms with E-state index in [2.05, 4.69) is 5.43 Å². The Hall–Kier alpha value is -2.90. The summed E-state index contributed by atoms with van der Waals surface area (Å²) in [5.74, 6) is -1.81. The van der Waals surface area contributed by atoms with E-state index in [1.54, 1.807) is 12.1 Å². The van der Waals surface area contributed by atoms with Crippen LogP contribution in [0.3, 0.4) is 0 Å². The molecular formula is C16H17N3O5. The molecule has 2 N–H and O–H groups in total. The first-order valence-corrected chi connectivity index (χ1v) is 7.73. The van der Waals surface area contributed by atoms with Crippen molar-refractivity contribution in [2.24, 2.45) is 0 Å². The van der Waals surface area contributed by atoms with Crippen molar-refractivity contribution in [1.82, 2.24) is 10.3 Å². The lowest BCUT2D eigenvalue weighted by atomic mass is 10.1. The van der Waals surface area contributed by atoms with Crippen LogP contribution in [0.4, 0.5) is 5.69 Å². The molecule has 24 heavy (non-hydrogen) atoms. The van der Waals surface area contributed by atoms with Gasteiger partial charge in [-0.25, -0.2) is 9.80 Å². The van der Waals surface area contributed by atoms with Gasteiger partial charge in [0.15, 0.2) is 0 Å². The van der Waals surface area contributed by atoms with E-state index in [0.717, 1.165) is 5.01 Å². The monoisotopic (exact) mass is 331 g/mol. The highest BCUT2D eigenvalue weighted by Gasteiger charge is 2.34. The molecule has 2 aliphatic heterocycles. The zero-order valence-corrected chi connectivity index (χ0v) is 12.9. The van der Waals surface area contributed by atoms with Crippen LogP contribution in [0.15, 0.2) is 24.3 Å². The number of carbonyl (C=O) groups is 4. The highest BCUT2D eigenvalue weighted by molar-refractivity contribution is 6.02. The number of hydrazine groups is 1. The van der Waals surface area contributed by atoms with E-state index in [9.17, 15) is 19.2 Å². The molecule has 0 bridgehead atoms. The third-order valence-electron chi connectivity index (χ3n) is 4.22. The van der Waals surface area contributed by atoms with Crippen molar-refractivity contribution in [3.63, 3.8) is 0 Å². The predicted octanol–water partition coefficient (Wildman–Crippen LogP) is 0.534. The van der Waals surface area contributed by atoms with Gasteiger partial charge in [0.2, 0.25) is 11.8 Å². The molecule has 1 atom stereocenters. The van der Waals surface area contributed by atoms with E-state index in [4.69, 9.17) is 5.11 Å². The molecule has 0 saturated carbocycles. The second-order valence-corrected chi connectivity index (χ2v) is 5.81. The molecule has 3 rings (SSSR count). The van der Waals surface area contributed by atoms with Crippen molar-refractivity contribution in [3.8, 4) is 0 Å². The number of carboxylic acid groups (broad SMARTS) is 1. The number of anilines is 1. The molecule has 2 saturated heterocycles. The standard InChI is InChI=1S/C16H17N3O5/c20-13-7-8-14(21)19(17-13)11-5-3-10(4-6-11)15(22)18-9-1-2-12(18)16(23)24/h3-6,12H,1-2,7-9H2,(H,17,20)(H,23,24)/t12-/m1/s1. The van der Waals surface area contributed by atoms with Gasteiger partial charge in [-0.1, -0.05) is 0 Å². The summed E-state index contributed by atoms with van der Waals surface area (Å²) in [6.07, 6.45) is 1.42. The number of aliphatic carboxylic acids is 1. The molecule has 2 aliphatic rings. The van der Waals surface area contributed by atoms with E-state index in [0.29, 0.717) is 30.6 Å². The maximum absolute atomic E-state index is 12.5. The Bertz CT molecular complexity index is 700. The molecular weight excluding hydrogens is 314 g/mol. The Morgan fingerprint density at radius 1 is 1.12 bits per heavy atom. The zero-order valence-electron chi connectivity index (χ0n) is 12.9. The number of likely N-dealkylation sites (tertiary alicyclic amines) is 1. The van der Waals surface area contributed by atoms with Crippen LogP contribution >= 0.6 is 0 Å². The van der Waals surface area contributed by atoms with Crippen LogP contribution in [0.5, 0.6) is 0 Å². The lowest BCUT2D eigenvalue weighted by Crippen LogP contribution is -2.50. The Balaban J connectivity index is 1.77. The number of hydrogen-bond acceptors (Lipinski definition) is 4. The maximum Gasteiger partial charge on any atom is 0.326 e. The van der Waals surface area contributed by atoms with E-state index in [-0.39, 0.29) is 30.6 Å². The molecule has 0 spiro atoms. The van der Waals surface area contributed by atoms with Gasteiger partial charge >= 0.3 is 5.97 Å². The third-order valence-corrected chi connectivity index (χ3v) is 4.22. The summed E-state index contributed by atoms with van der Waals surface area (Å²) in [4.78, 5) is 48.3. The molecule has 1 aromatic rings. The predicted molar refractivity (Wildman–Crippen MR) is 83.0 cm³/mol. The van der Waals surface area contributed by atoms with Crippen LogP contribution in [-0.2, 0) is 14.4 Å².